The lowest BCUT2D eigenvalue weighted by Crippen LogP contribution is -2.36. The number of hydrogen-bond donors (Lipinski definition) is 1. The number of hydrogen-bond acceptors (Lipinski definition) is 3. The van der Waals surface area contributed by atoms with Gasteiger partial charge in [0.2, 0.25) is 5.91 Å². The van der Waals surface area contributed by atoms with E-state index in [1.807, 2.05) is 30.5 Å². The Morgan fingerprint density at radius 3 is 2.81 bits per heavy atom. The molecule has 2 aliphatic rings. The standard InChI is InChI=1S/C25H28FN3O2/c26-22-3-1-2-17-6-14-29(24(17)22)20-7-11-28(12-8-20)13-9-23-21-5-4-19(25(27)30)16-18(21)10-15-31-23/h1-6,14,16,20,23H,7-13,15H2,(H2,27,30). The van der Waals surface area contributed by atoms with Crippen LogP contribution >= 0.6 is 0 Å². The number of ether oxygens (including phenoxy) is 1. The van der Waals surface area contributed by atoms with Crippen LogP contribution in [0.3, 0.4) is 0 Å². The van der Waals surface area contributed by atoms with Gasteiger partial charge in [0.1, 0.15) is 5.82 Å². The third kappa shape index (κ3) is 3.98. The Labute approximate surface area is 181 Å². The number of amides is 1. The highest BCUT2D eigenvalue weighted by Crippen LogP contribution is 2.32. The molecule has 0 spiro atoms. The molecule has 1 atom stereocenters. The van der Waals surface area contributed by atoms with Crippen molar-refractivity contribution in [3.8, 4) is 0 Å². The van der Waals surface area contributed by atoms with E-state index >= 15 is 0 Å². The van der Waals surface area contributed by atoms with Crippen molar-refractivity contribution in [3.63, 3.8) is 0 Å². The van der Waals surface area contributed by atoms with Crippen molar-refractivity contribution in [2.24, 2.45) is 5.73 Å². The van der Waals surface area contributed by atoms with Crippen LogP contribution < -0.4 is 5.73 Å². The minimum Gasteiger partial charge on any atom is -0.373 e. The number of carbonyl (C=O) groups is 1. The van der Waals surface area contributed by atoms with Gasteiger partial charge in [-0.1, -0.05) is 18.2 Å². The van der Waals surface area contributed by atoms with E-state index in [1.54, 1.807) is 18.2 Å². The molecule has 1 fully saturated rings. The Hall–Kier alpha value is -2.70. The van der Waals surface area contributed by atoms with Gasteiger partial charge >= 0.3 is 0 Å². The summed E-state index contributed by atoms with van der Waals surface area (Å²) in [6, 6.07) is 13.3. The second-order valence-corrected chi connectivity index (χ2v) is 8.65. The number of benzene rings is 2. The lowest BCUT2D eigenvalue weighted by Gasteiger charge is -2.34. The van der Waals surface area contributed by atoms with Gasteiger partial charge in [-0.05, 0) is 61.1 Å². The van der Waals surface area contributed by atoms with Gasteiger partial charge in [0.15, 0.2) is 0 Å². The molecule has 0 saturated carbocycles. The summed E-state index contributed by atoms with van der Waals surface area (Å²) >= 11 is 0. The fourth-order valence-corrected chi connectivity index (χ4v) is 5.13. The van der Waals surface area contributed by atoms with Crippen molar-refractivity contribution >= 4 is 16.8 Å². The highest BCUT2D eigenvalue weighted by molar-refractivity contribution is 5.93. The Kier molecular flexibility index (Phi) is 5.50. The van der Waals surface area contributed by atoms with E-state index in [1.165, 1.54) is 11.1 Å². The van der Waals surface area contributed by atoms with Crippen molar-refractivity contribution in [1.82, 2.24) is 9.47 Å². The van der Waals surface area contributed by atoms with Crippen LogP contribution in [0.5, 0.6) is 0 Å². The zero-order valence-electron chi connectivity index (χ0n) is 17.6. The summed E-state index contributed by atoms with van der Waals surface area (Å²) < 4.78 is 22.5. The summed E-state index contributed by atoms with van der Waals surface area (Å²) in [5.41, 5.74) is 9.07. The van der Waals surface area contributed by atoms with E-state index in [0.717, 1.165) is 56.2 Å². The molecule has 1 saturated heterocycles. The topological polar surface area (TPSA) is 60.5 Å². The first-order chi connectivity index (χ1) is 15.1. The summed E-state index contributed by atoms with van der Waals surface area (Å²) in [7, 11) is 0. The molecule has 31 heavy (non-hydrogen) atoms. The second-order valence-electron chi connectivity index (χ2n) is 8.65. The number of rotatable bonds is 5. The summed E-state index contributed by atoms with van der Waals surface area (Å²) in [5.74, 6) is -0.526. The fourth-order valence-electron chi connectivity index (χ4n) is 5.13. The predicted octanol–water partition coefficient (Wildman–Crippen LogP) is 4.22. The van der Waals surface area contributed by atoms with E-state index in [9.17, 15) is 9.18 Å². The molecule has 162 valence electrons. The quantitative estimate of drug-likeness (QED) is 0.671. The summed E-state index contributed by atoms with van der Waals surface area (Å²) in [4.78, 5) is 13.9. The number of fused-ring (bicyclic) bond motifs is 2. The number of piperidine rings is 1. The van der Waals surface area contributed by atoms with Gasteiger partial charge < -0.3 is 19.9 Å². The molecule has 2 aromatic carbocycles. The first-order valence-electron chi connectivity index (χ1n) is 11.1. The average molecular weight is 422 g/mol. The smallest absolute Gasteiger partial charge is 0.248 e. The number of nitrogens with zero attached hydrogens (tertiary/aromatic N) is 2. The number of aromatic nitrogens is 1. The third-order valence-corrected chi connectivity index (χ3v) is 6.81. The Morgan fingerprint density at radius 2 is 2.00 bits per heavy atom. The SMILES string of the molecule is NC(=O)c1ccc2c(c1)CCOC2CCN1CCC(n2ccc3cccc(F)c32)CC1. The van der Waals surface area contributed by atoms with Gasteiger partial charge in [0.25, 0.3) is 0 Å². The van der Waals surface area contributed by atoms with Gasteiger partial charge in [0.05, 0.1) is 18.2 Å². The monoisotopic (exact) mass is 421 g/mol. The van der Waals surface area contributed by atoms with Crippen LogP contribution in [-0.2, 0) is 11.2 Å². The van der Waals surface area contributed by atoms with E-state index in [2.05, 4.69) is 9.47 Å². The van der Waals surface area contributed by atoms with Crippen LogP contribution in [-0.4, -0.2) is 41.6 Å². The minimum absolute atomic E-state index is 0.0610. The molecule has 0 radical (unpaired) electrons. The first kappa shape index (κ1) is 20.2. The van der Waals surface area contributed by atoms with Gasteiger partial charge in [-0.2, -0.15) is 0 Å². The van der Waals surface area contributed by atoms with Gasteiger partial charge in [-0.15, -0.1) is 0 Å². The van der Waals surface area contributed by atoms with E-state index in [-0.39, 0.29) is 17.8 Å². The molecule has 2 aliphatic heterocycles. The Balaban J connectivity index is 1.20. The van der Waals surface area contributed by atoms with Crippen LogP contribution in [0.15, 0.2) is 48.7 Å². The third-order valence-electron chi connectivity index (χ3n) is 6.81. The van der Waals surface area contributed by atoms with Crippen molar-refractivity contribution in [2.75, 3.05) is 26.2 Å². The molecule has 1 unspecified atom stereocenters. The van der Waals surface area contributed by atoms with E-state index in [4.69, 9.17) is 10.5 Å². The lowest BCUT2D eigenvalue weighted by atomic mass is 9.93. The maximum absolute atomic E-state index is 14.4. The number of carbonyl (C=O) groups excluding carboxylic acids is 1. The van der Waals surface area contributed by atoms with Crippen molar-refractivity contribution in [2.45, 2.75) is 37.8 Å². The molecule has 2 N–H and O–H groups in total. The highest BCUT2D eigenvalue weighted by Gasteiger charge is 2.25. The molecule has 1 amide bonds. The fraction of sp³-hybridized carbons (Fsp3) is 0.400. The largest absolute Gasteiger partial charge is 0.373 e. The van der Waals surface area contributed by atoms with Crippen molar-refractivity contribution in [3.05, 3.63) is 71.2 Å². The normalized spacial score (nSPS) is 20.1. The van der Waals surface area contributed by atoms with E-state index < -0.39 is 0 Å². The summed E-state index contributed by atoms with van der Waals surface area (Å²) in [5, 5.41) is 0.968. The van der Waals surface area contributed by atoms with Crippen LogP contribution in [0, 0.1) is 5.82 Å². The molecular weight excluding hydrogens is 393 g/mol. The maximum atomic E-state index is 14.4. The number of primary amides is 1. The zero-order valence-corrected chi connectivity index (χ0v) is 17.6. The number of halogens is 1. The average Bonchev–Trinajstić information content (AvgIpc) is 3.23. The molecule has 1 aromatic heterocycles. The van der Waals surface area contributed by atoms with Crippen LogP contribution in [0.1, 0.15) is 52.9 Å². The predicted molar refractivity (Wildman–Crippen MR) is 119 cm³/mol. The molecule has 3 aromatic rings. The van der Waals surface area contributed by atoms with Crippen LogP contribution in [0.2, 0.25) is 0 Å². The summed E-state index contributed by atoms with van der Waals surface area (Å²) in [6.45, 7) is 3.64. The number of nitrogens with two attached hydrogens (primary N) is 1. The van der Waals surface area contributed by atoms with Crippen molar-refractivity contribution < 1.29 is 13.9 Å². The zero-order chi connectivity index (χ0) is 21.4. The first-order valence-corrected chi connectivity index (χ1v) is 11.1. The van der Waals surface area contributed by atoms with Crippen LogP contribution in [0.4, 0.5) is 4.39 Å². The van der Waals surface area contributed by atoms with Gasteiger partial charge in [-0.3, -0.25) is 4.79 Å². The van der Waals surface area contributed by atoms with Gasteiger partial charge in [0, 0.05) is 42.8 Å². The molecule has 3 heterocycles. The summed E-state index contributed by atoms with van der Waals surface area (Å²) in [6.07, 6.45) is 5.87. The molecule has 5 nitrogen and oxygen atoms in total. The molecule has 0 aliphatic carbocycles. The van der Waals surface area contributed by atoms with Crippen LogP contribution in [0.25, 0.3) is 10.9 Å². The maximum Gasteiger partial charge on any atom is 0.248 e. The minimum atomic E-state index is -0.385. The molecule has 0 bridgehead atoms. The number of likely N-dealkylation sites (tertiary alicyclic amines) is 1. The Bertz CT molecular complexity index is 1100. The van der Waals surface area contributed by atoms with Crippen molar-refractivity contribution in [1.29, 1.82) is 0 Å². The molecule has 6 heteroatoms. The molecular formula is C25H28FN3O2. The highest BCUT2D eigenvalue weighted by atomic mass is 19.1. The lowest BCUT2D eigenvalue weighted by molar-refractivity contribution is 0.0268. The number of para-hydroxylation sites is 1. The van der Waals surface area contributed by atoms with E-state index in [0.29, 0.717) is 18.2 Å². The second kappa shape index (κ2) is 8.44. The van der Waals surface area contributed by atoms with Gasteiger partial charge in [-0.25, -0.2) is 4.39 Å². The Morgan fingerprint density at radius 1 is 1.16 bits per heavy atom. The molecule has 5 rings (SSSR count).